The molecule has 1 saturated carbocycles. The molecule has 0 radical (unpaired) electrons. The minimum absolute atomic E-state index is 0.0289. The van der Waals surface area contributed by atoms with Crippen molar-refractivity contribution in [2.24, 2.45) is 0 Å². The SMILES string of the molecule is Cc1nc2ccccn2c1C(=O)N1CCc2nc(NC(=O)NC3CCCC3)sc2C1. The van der Waals surface area contributed by atoms with Gasteiger partial charge in [-0.3, -0.25) is 14.5 Å². The highest BCUT2D eigenvalue weighted by Crippen LogP contribution is 2.29. The summed E-state index contributed by atoms with van der Waals surface area (Å²) in [6, 6.07) is 5.79. The maximum Gasteiger partial charge on any atom is 0.321 e. The van der Waals surface area contributed by atoms with Gasteiger partial charge in [-0.2, -0.15) is 0 Å². The lowest BCUT2D eigenvalue weighted by Gasteiger charge is -2.26. The van der Waals surface area contributed by atoms with E-state index in [-0.39, 0.29) is 18.0 Å². The van der Waals surface area contributed by atoms with Crippen molar-refractivity contribution in [3.8, 4) is 0 Å². The quantitative estimate of drug-likeness (QED) is 0.674. The standard InChI is InChI=1S/C21H24N6O2S/c1-13-18(27-10-5-4-8-17(27)22-13)19(28)26-11-9-15-16(12-26)30-21(24-15)25-20(29)23-14-6-2-3-7-14/h4-5,8,10,14H,2-3,6-7,9,11-12H2,1H3,(H2,23,24,25,29). The fourth-order valence-corrected chi connectivity index (χ4v) is 5.35. The van der Waals surface area contributed by atoms with Crippen LogP contribution >= 0.6 is 11.3 Å². The molecule has 8 nitrogen and oxygen atoms in total. The fraction of sp³-hybridized carbons (Fsp3) is 0.429. The van der Waals surface area contributed by atoms with Crippen molar-refractivity contribution in [3.63, 3.8) is 0 Å². The number of aryl methyl sites for hydroxylation is 1. The summed E-state index contributed by atoms with van der Waals surface area (Å²) in [7, 11) is 0. The second-order valence-corrected chi connectivity index (χ2v) is 9.00. The van der Waals surface area contributed by atoms with E-state index in [0.29, 0.717) is 30.3 Å². The normalized spacial score (nSPS) is 16.6. The maximum atomic E-state index is 13.3. The zero-order valence-electron chi connectivity index (χ0n) is 16.9. The maximum absolute atomic E-state index is 13.3. The first-order chi connectivity index (χ1) is 14.6. The predicted molar refractivity (Wildman–Crippen MR) is 115 cm³/mol. The Balaban J connectivity index is 1.29. The molecule has 1 aliphatic carbocycles. The molecule has 4 heterocycles. The lowest BCUT2D eigenvalue weighted by molar-refractivity contribution is 0.0728. The lowest BCUT2D eigenvalue weighted by atomic mass is 10.1. The smallest absolute Gasteiger partial charge is 0.321 e. The molecule has 5 rings (SSSR count). The Kier molecular flexibility index (Phi) is 4.90. The molecule has 9 heteroatoms. The highest BCUT2D eigenvalue weighted by Gasteiger charge is 2.28. The first-order valence-electron chi connectivity index (χ1n) is 10.4. The second-order valence-electron chi connectivity index (χ2n) is 7.92. The minimum atomic E-state index is -0.192. The molecule has 3 aromatic rings. The summed E-state index contributed by atoms with van der Waals surface area (Å²) in [4.78, 5) is 37.4. The average molecular weight is 425 g/mol. The van der Waals surface area contributed by atoms with Crippen molar-refractivity contribution in [3.05, 3.63) is 46.4 Å². The lowest BCUT2D eigenvalue weighted by Crippen LogP contribution is -2.36. The monoisotopic (exact) mass is 424 g/mol. The van der Waals surface area contributed by atoms with Gasteiger partial charge in [-0.15, -0.1) is 0 Å². The van der Waals surface area contributed by atoms with Crippen LogP contribution in [0.15, 0.2) is 24.4 Å². The van der Waals surface area contributed by atoms with Gasteiger partial charge < -0.3 is 10.2 Å². The number of nitrogens with zero attached hydrogens (tertiary/aromatic N) is 4. The summed E-state index contributed by atoms with van der Waals surface area (Å²) in [5.41, 5.74) is 3.07. The van der Waals surface area contributed by atoms with Gasteiger partial charge in [0.1, 0.15) is 11.3 Å². The van der Waals surface area contributed by atoms with E-state index in [0.717, 1.165) is 34.8 Å². The fourth-order valence-electron chi connectivity index (χ4n) is 4.33. The van der Waals surface area contributed by atoms with Crippen LogP contribution in [0, 0.1) is 6.92 Å². The molecule has 0 atom stereocenters. The number of amides is 3. The van der Waals surface area contributed by atoms with Crippen LogP contribution < -0.4 is 10.6 Å². The van der Waals surface area contributed by atoms with Crippen LogP contribution in [0.25, 0.3) is 5.65 Å². The van der Waals surface area contributed by atoms with Gasteiger partial charge >= 0.3 is 6.03 Å². The molecule has 3 aromatic heterocycles. The molecule has 2 aliphatic rings. The molecular formula is C21H24N6O2S. The third-order valence-corrected chi connectivity index (χ3v) is 6.83. The van der Waals surface area contributed by atoms with E-state index in [2.05, 4.69) is 20.6 Å². The van der Waals surface area contributed by atoms with E-state index in [1.807, 2.05) is 40.6 Å². The summed E-state index contributed by atoms with van der Waals surface area (Å²) >= 11 is 1.45. The van der Waals surface area contributed by atoms with Gasteiger partial charge in [-0.25, -0.2) is 14.8 Å². The van der Waals surface area contributed by atoms with Gasteiger partial charge in [0, 0.05) is 30.1 Å². The van der Waals surface area contributed by atoms with Crippen molar-refractivity contribution >= 4 is 34.1 Å². The van der Waals surface area contributed by atoms with Crippen LogP contribution in [-0.4, -0.2) is 43.8 Å². The van der Waals surface area contributed by atoms with Gasteiger partial charge in [-0.1, -0.05) is 30.2 Å². The van der Waals surface area contributed by atoms with Crippen molar-refractivity contribution < 1.29 is 9.59 Å². The summed E-state index contributed by atoms with van der Waals surface area (Å²) < 4.78 is 1.85. The summed E-state index contributed by atoms with van der Waals surface area (Å²) in [5, 5.41) is 6.48. The number of hydrogen-bond acceptors (Lipinski definition) is 5. The highest BCUT2D eigenvalue weighted by atomic mass is 32.1. The summed E-state index contributed by atoms with van der Waals surface area (Å²) in [6.07, 6.45) is 6.98. The number of imidazole rings is 1. The van der Waals surface area contributed by atoms with Crippen LogP contribution in [0.1, 0.15) is 52.4 Å². The Labute approximate surface area is 178 Å². The Hall–Kier alpha value is -2.94. The second kappa shape index (κ2) is 7.71. The first kappa shape index (κ1) is 19.0. The number of aromatic nitrogens is 3. The predicted octanol–water partition coefficient (Wildman–Crippen LogP) is 3.36. The number of urea groups is 1. The molecule has 3 amide bonds. The number of carbonyl (C=O) groups is 2. The molecule has 1 aliphatic heterocycles. The summed E-state index contributed by atoms with van der Waals surface area (Å²) in [5.74, 6) is -0.0289. The number of hydrogen-bond donors (Lipinski definition) is 2. The van der Waals surface area contributed by atoms with Gasteiger partial charge in [0.15, 0.2) is 5.13 Å². The van der Waals surface area contributed by atoms with Crippen LogP contribution in [-0.2, 0) is 13.0 Å². The molecule has 0 saturated heterocycles. The molecule has 0 unspecified atom stereocenters. The highest BCUT2D eigenvalue weighted by molar-refractivity contribution is 7.15. The molecule has 156 valence electrons. The molecule has 1 fully saturated rings. The van der Waals surface area contributed by atoms with Crippen LogP contribution in [0.2, 0.25) is 0 Å². The van der Waals surface area contributed by atoms with E-state index in [1.165, 1.54) is 24.2 Å². The van der Waals surface area contributed by atoms with E-state index in [1.54, 1.807) is 0 Å². The molecule has 0 bridgehead atoms. The number of nitrogens with one attached hydrogen (secondary N) is 2. The number of carbonyl (C=O) groups excluding carboxylic acids is 2. The van der Waals surface area contributed by atoms with Crippen molar-refractivity contribution in [1.29, 1.82) is 0 Å². The zero-order chi connectivity index (χ0) is 20.7. The molecule has 0 spiro atoms. The Morgan fingerprint density at radius 3 is 2.87 bits per heavy atom. The molecule has 0 aromatic carbocycles. The Morgan fingerprint density at radius 2 is 2.03 bits per heavy atom. The van der Waals surface area contributed by atoms with E-state index in [9.17, 15) is 9.59 Å². The molecular weight excluding hydrogens is 400 g/mol. The third-order valence-electron chi connectivity index (χ3n) is 5.84. The van der Waals surface area contributed by atoms with Crippen molar-refractivity contribution in [1.82, 2.24) is 24.6 Å². The number of anilines is 1. The number of fused-ring (bicyclic) bond motifs is 2. The number of thiazole rings is 1. The van der Waals surface area contributed by atoms with Crippen LogP contribution in [0.4, 0.5) is 9.93 Å². The minimum Gasteiger partial charge on any atom is -0.335 e. The molecule has 2 N–H and O–H groups in total. The topological polar surface area (TPSA) is 91.6 Å². The Bertz CT molecular complexity index is 1110. The van der Waals surface area contributed by atoms with E-state index >= 15 is 0 Å². The van der Waals surface area contributed by atoms with Crippen molar-refractivity contribution in [2.75, 3.05) is 11.9 Å². The van der Waals surface area contributed by atoms with Gasteiger partial charge in [0.05, 0.1) is 17.9 Å². The number of pyridine rings is 1. The van der Waals surface area contributed by atoms with E-state index in [4.69, 9.17) is 0 Å². The van der Waals surface area contributed by atoms with Crippen molar-refractivity contribution in [2.45, 2.75) is 51.6 Å². The van der Waals surface area contributed by atoms with Gasteiger partial charge in [0.2, 0.25) is 0 Å². The van der Waals surface area contributed by atoms with Crippen LogP contribution in [0.5, 0.6) is 0 Å². The summed E-state index contributed by atoms with van der Waals surface area (Å²) in [6.45, 7) is 2.97. The van der Waals surface area contributed by atoms with Gasteiger partial charge in [-0.05, 0) is 31.9 Å². The molecule has 30 heavy (non-hydrogen) atoms. The Morgan fingerprint density at radius 1 is 1.20 bits per heavy atom. The zero-order valence-corrected chi connectivity index (χ0v) is 17.7. The largest absolute Gasteiger partial charge is 0.335 e. The van der Waals surface area contributed by atoms with Crippen LogP contribution in [0.3, 0.4) is 0 Å². The average Bonchev–Trinajstić information content (AvgIpc) is 3.44. The van der Waals surface area contributed by atoms with Gasteiger partial charge in [0.25, 0.3) is 5.91 Å². The number of rotatable bonds is 3. The third kappa shape index (κ3) is 3.54. The van der Waals surface area contributed by atoms with E-state index < -0.39 is 0 Å². The first-order valence-corrected chi connectivity index (χ1v) is 11.2.